The van der Waals surface area contributed by atoms with Crippen LogP contribution < -0.4 is 9.62 Å². The van der Waals surface area contributed by atoms with Gasteiger partial charge in [0.25, 0.3) is 11.6 Å². The molecule has 1 amide bonds. The van der Waals surface area contributed by atoms with Crippen LogP contribution in [0.4, 0.5) is 17.1 Å². The number of hydrogen-bond donors (Lipinski definition) is 1. The summed E-state index contributed by atoms with van der Waals surface area (Å²) in [5.41, 5.74) is 0.545. The largest absolute Gasteiger partial charge is 0.320 e. The van der Waals surface area contributed by atoms with E-state index in [1.54, 1.807) is 0 Å². The Hall–Kier alpha value is -2.65. The van der Waals surface area contributed by atoms with E-state index in [0.29, 0.717) is 5.69 Å². The van der Waals surface area contributed by atoms with Gasteiger partial charge in [-0.3, -0.25) is 19.2 Å². The van der Waals surface area contributed by atoms with Gasteiger partial charge in [-0.1, -0.05) is 11.6 Å². The maximum atomic E-state index is 12.3. The fraction of sp³-hybridized carbons (Fsp3) is 0.133. The van der Waals surface area contributed by atoms with Crippen molar-refractivity contribution in [3.8, 4) is 0 Å². The minimum atomic E-state index is -3.40. The second-order valence-corrected chi connectivity index (χ2v) is 7.57. The van der Waals surface area contributed by atoms with Crippen molar-refractivity contribution in [3.63, 3.8) is 0 Å². The first kappa shape index (κ1) is 18.7. The Morgan fingerprint density at radius 3 is 2.32 bits per heavy atom. The monoisotopic (exact) mass is 383 g/mol. The number of carbonyl (C=O) groups is 1. The van der Waals surface area contributed by atoms with Gasteiger partial charge in [0.05, 0.1) is 27.6 Å². The predicted molar refractivity (Wildman–Crippen MR) is 95.7 cm³/mol. The lowest BCUT2D eigenvalue weighted by atomic mass is 10.2. The molecule has 25 heavy (non-hydrogen) atoms. The van der Waals surface area contributed by atoms with Crippen molar-refractivity contribution in [1.29, 1.82) is 0 Å². The van der Waals surface area contributed by atoms with E-state index in [0.717, 1.165) is 16.6 Å². The van der Waals surface area contributed by atoms with Crippen LogP contribution in [-0.4, -0.2) is 32.6 Å². The molecule has 0 bridgehead atoms. The van der Waals surface area contributed by atoms with Crippen LogP contribution in [-0.2, 0) is 10.0 Å². The Morgan fingerprint density at radius 1 is 1.20 bits per heavy atom. The first-order valence-corrected chi connectivity index (χ1v) is 9.11. The van der Waals surface area contributed by atoms with Crippen LogP contribution in [0.15, 0.2) is 42.5 Å². The van der Waals surface area contributed by atoms with Gasteiger partial charge in [0.1, 0.15) is 0 Å². The first-order chi connectivity index (χ1) is 11.6. The van der Waals surface area contributed by atoms with Crippen molar-refractivity contribution in [1.82, 2.24) is 0 Å². The molecule has 2 aromatic carbocycles. The second kappa shape index (κ2) is 7.08. The van der Waals surface area contributed by atoms with Gasteiger partial charge >= 0.3 is 0 Å². The van der Waals surface area contributed by atoms with E-state index in [1.807, 2.05) is 0 Å². The minimum absolute atomic E-state index is 0.109. The van der Waals surface area contributed by atoms with Crippen molar-refractivity contribution in [2.75, 3.05) is 22.9 Å². The molecule has 2 rings (SSSR count). The zero-order chi connectivity index (χ0) is 18.8. The average molecular weight is 384 g/mol. The third kappa shape index (κ3) is 4.46. The standard InChI is InChI=1S/C15H14ClN3O5S/c1-18(25(2,23)24)11-5-3-10(4-6-11)15(20)17-14-9-12(19(21)22)7-8-13(14)16/h3-9H,1-2H3,(H,17,20). The molecule has 0 saturated carbocycles. The Kier molecular flexibility index (Phi) is 5.29. The number of hydrogen-bond acceptors (Lipinski definition) is 5. The van der Waals surface area contributed by atoms with E-state index in [2.05, 4.69) is 5.32 Å². The lowest BCUT2D eigenvalue weighted by Crippen LogP contribution is -2.24. The number of halogens is 1. The highest BCUT2D eigenvalue weighted by Gasteiger charge is 2.15. The fourth-order valence-corrected chi connectivity index (χ4v) is 2.60. The number of benzene rings is 2. The smallest absolute Gasteiger partial charge is 0.271 e. The maximum Gasteiger partial charge on any atom is 0.271 e. The summed E-state index contributed by atoms with van der Waals surface area (Å²) in [6.45, 7) is 0. The van der Waals surface area contributed by atoms with E-state index >= 15 is 0 Å². The van der Waals surface area contributed by atoms with Crippen LogP contribution in [0.25, 0.3) is 0 Å². The van der Waals surface area contributed by atoms with Gasteiger partial charge in [-0.2, -0.15) is 0 Å². The normalized spacial score (nSPS) is 11.0. The SMILES string of the molecule is CN(c1ccc(C(=O)Nc2cc([N+](=O)[O-])ccc2Cl)cc1)S(C)(=O)=O. The molecule has 0 spiro atoms. The topological polar surface area (TPSA) is 110 Å². The predicted octanol–water partition coefficient (Wildman–Crippen LogP) is 2.90. The highest BCUT2D eigenvalue weighted by Crippen LogP contribution is 2.27. The van der Waals surface area contributed by atoms with Crippen molar-refractivity contribution in [2.24, 2.45) is 0 Å². The van der Waals surface area contributed by atoms with Gasteiger partial charge in [-0.15, -0.1) is 0 Å². The highest BCUT2D eigenvalue weighted by atomic mass is 35.5. The number of nitro benzene ring substituents is 1. The zero-order valence-electron chi connectivity index (χ0n) is 13.3. The number of sulfonamides is 1. The van der Waals surface area contributed by atoms with Crippen LogP contribution in [0.2, 0.25) is 5.02 Å². The van der Waals surface area contributed by atoms with Crippen molar-refractivity contribution in [3.05, 3.63) is 63.2 Å². The van der Waals surface area contributed by atoms with Gasteiger partial charge < -0.3 is 5.32 Å². The van der Waals surface area contributed by atoms with Gasteiger partial charge in [-0.25, -0.2) is 8.42 Å². The number of non-ortho nitro benzene ring substituents is 1. The second-order valence-electron chi connectivity index (χ2n) is 5.15. The average Bonchev–Trinajstić information content (AvgIpc) is 2.55. The molecule has 8 nitrogen and oxygen atoms in total. The Bertz CT molecular complexity index is 929. The molecule has 0 aromatic heterocycles. The number of rotatable bonds is 5. The van der Waals surface area contributed by atoms with E-state index in [4.69, 9.17) is 11.6 Å². The first-order valence-electron chi connectivity index (χ1n) is 6.89. The van der Waals surface area contributed by atoms with Crippen LogP contribution in [0.5, 0.6) is 0 Å². The number of nitro groups is 1. The van der Waals surface area contributed by atoms with Crippen molar-refractivity contribution >= 4 is 44.6 Å². The van der Waals surface area contributed by atoms with Crippen LogP contribution in [0.3, 0.4) is 0 Å². The summed E-state index contributed by atoms with van der Waals surface area (Å²) in [5.74, 6) is -0.532. The third-order valence-electron chi connectivity index (χ3n) is 3.40. The molecular formula is C15H14ClN3O5S. The van der Waals surface area contributed by atoms with Gasteiger partial charge in [0.2, 0.25) is 10.0 Å². The van der Waals surface area contributed by atoms with Gasteiger partial charge in [0, 0.05) is 24.7 Å². The third-order valence-corrected chi connectivity index (χ3v) is 4.93. The Balaban J connectivity index is 2.22. The molecule has 0 aliphatic rings. The molecule has 0 unspecified atom stereocenters. The van der Waals surface area contributed by atoms with Crippen LogP contribution in [0.1, 0.15) is 10.4 Å². The molecule has 0 aliphatic heterocycles. The molecule has 1 N–H and O–H groups in total. The molecule has 0 radical (unpaired) electrons. The maximum absolute atomic E-state index is 12.3. The van der Waals surface area contributed by atoms with E-state index in [-0.39, 0.29) is 22.0 Å². The quantitative estimate of drug-likeness (QED) is 0.630. The number of anilines is 2. The number of nitrogens with zero attached hydrogens (tertiary/aromatic N) is 2. The molecule has 0 fully saturated rings. The molecule has 0 saturated heterocycles. The molecular weight excluding hydrogens is 370 g/mol. The minimum Gasteiger partial charge on any atom is -0.320 e. The molecule has 10 heteroatoms. The summed E-state index contributed by atoms with van der Waals surface area (Å²) in [5, 5.41) is 13.5. The summed E-state index contributed by atoms with van der Waals surface area (Å²) < 4.78 is 24.1. The molecule has 132 valence electrons. The van der Waals surface area contributed by atoms with Crippen LogP contribution >= 0.6 is 11.6 Å². The fourth-order valence-electron chi connectivity index (χ4n) is 1.93. The summed E-state index contributed by atoms with van der Waals surface area (Å²) in [7, 11) is -2.01. The summed E-state index contributed by atoms with van der Waals surface area (Å²) in [6, 6.07) is 9.55. The van der Waals surface area contributed by atoms with E-state index < -0.39 is 20.9 Å². The lowest BCUT2D eigenvalue weighted by Gasteiger charge is -2.16. The number of amides is 1. The Morgan fingerprint density at radius 2 is 1.80 bits per heavy atom. The Labute approximate surface area is 149 Å². The summed E-state index contributed by atoms with van der Waals surface area (Å²) >= 11 is 5.94. The number of carbonyl (C=O) groups excluding carboxylic acids is 1. The summed E-state index contributed by atoms with van der Waals surface area (Å²) in [6.07, 6.45) is 1.07. The molecule has 0 atom stereocenters. The van der Waals surface area contributed by atoms with Crippen molar-refractivity contribution in [2.45, 2.75) is 0 Å². The molecule has 0 heterocycles. The van der Waals surface area contributed by atoms with Gasteiger partial charge in [0.15, 0.2) is 0 Å². The lowest BCUT2D eigenvalue weighted by molar-refractivity contribution is -0.384. The zero-order valence-corrected chi connectivity index (χ0v) is 14.8. The van der Waals surface area contributed by atoms with E-state index in [9.17, 15) is 23.3 Å². The van der Waals surface area contributed by atoms with E-state index in [1.165, 1.54) is 43.4 Å². The molecule has 2 aromatic rings. The summed E-state index contributed by atoms with van der Waals surface area (Å²) in [4.78, 5) is 22.5. The number of nitrogens with one attached hydrogen (secondary N) is 1. The molecule has 0 aliphatic carbocycles. The van der Waals surface area contributed by atoms with Crippen molar-refractivity contribution < 1.29 is 18.1 Å². The van der Waals surface area contributed by atoms with Crippen LogP contribution in [0, 0.1) is 10.1 Å². The highest BCUT2D eigenvalue weighted by molar-refractivity contribution is 7.92. The van der Waals surface area contributed by atoms with Gasteiger partial charge in [-0.05, 0) is 30.3 Å².